The first-order valence-corrected chi connectivity index (χ1v) is 2.45. The number of hydrogen-bond donors (Lipinski definition) is 3. The Hall–Kier alpha value is -1.46. The monoisotopic (exact) mass is 148 g/mol. The fourth-order valence-corrected chi connectivity index (χ4v) is 0.264. The van der Waals surface area contributed by atoms with Gasteiger partial charge in [0.15, 0.2) is 0 Å². The smallest absolute Gasteiger partial charge is 0.408 e. The normalized spacial score (nSPS) is 8.10. The van der Waals surface area contributed by atoms with Crippen molar-refractivity contribution in [3.8, 4) is 0 Å². The molecule has 0 heterocycles. The van der Waals surface area contributed by atoms with Crippen molar-refractivity contribution in [2.75, 3.05) is 13.8 Å². The van der Waals surface area contributed by atoms with Crippen molar-refractivity contribution in [3.63, 3.8) is 0 Å². The summed E-state index contributed by atoms with van der Waals surface area (Å²) >= 11 is 0. The molecular formula is C4H8N2O4. The van der Waals surface area contributed by atoms with Gasteiger partial charge in [0, 0.05) is 0 Å². The van der Waals surface area contributed by atoms with E-state index in [2.05, 4.69) is 10.1 Å². The van der Waals surface area contributed by atoms with Gasteiger partial charge < -0.3 is 20.5 Å². The van der Waals surface area contributed by atoms with Gasteiger partial charge in [0.1, 0.15) is 0 Å². The van der Waals surface area contributed by atoms with Gasteiger partial charge in [-0.05, 0) is 0 Å². The summed E-state index contributed by atoms with van der Waals surface area (Å²) < 4.78 is 4.15. The molecule has 0 aromatic carbocycles. The van der Waals surface area contributed by atoms with Gasteiger partial charge in [0.25, 0.3) is 0 Å². The number of rotatable bonds is 2. The molecule has 0 aliphatic carbocycles. The van der Waals surface area contributed by atoms with E-state index >= 15 is 0 Å². The van der Waals surface area contributed by atoms with E-state index in [1.54, 1.807) is 0 Å². The molecule has 3 N–H and O–H groups in total. The first-order valence-electron chi connectivity index (χ1n) is 2.45. The van der Waals surface area contributed by atoms with Gasteiger partial charge in [-0.15, -0.1) is 0 Å². The maximum atomic E-state index is 10.2. The molecule has 58 valence electrons. The van der Waals surface area contributed by atoms with E-state index in [1.165, 1.54) is 7.11 Å². The van der Waals surface area contributed by atoms with Gasteiger partial charge in [0.05, 0.1) is 13.8 Å². The van der Waals surface area contributed by atoms with Crippen molar-refractivity contribution in [3.05, 3.63) is 0 Å². The molecule has 0 aromatic heterocycles. The zero-order valence-corrected chi connectivity index (χ0v) is 5.38. The average Bonchev–Trinajstić information content (AvgIpc) is 1.87. The van der Waals surface area contributed by atoms with Crippen LogP contribution in [0.25, 0.3) is 0 Å². The highest BCUT2D eigenvalue weighted by atomic mass is 16.5. The molecule has 0 rings (SSSR count). The highest BCUT2D eigenvalue weighted by Gasteiger charge is 1.96. The summed E-state index contributed by atoms with van der Waals surface area (Å²) in [6, 6.07) is 0. The molecule has 0 atom stereocenters. The summed E-state index contributed by atoms with van der Waals surface area (Å²) in [7, 11) is 1.19. The number of ether oxygens (including phenoxy) is 1. The lowest BCUT2D eigenvalue weighted by Crippen LogP contribution is -2.36. The summed E-state index contributed by atoms with van der Waals surface area (Å²) in [5, 5.41) is 12.0. The Labute approximate surface area is 57.2 Å². The minimum absolute atomic E-state index is 0.151. The quantitative estimate of drug-likeness (QED) is 0.463. The Balaban J connectivity index is 3.20. The van der Waals surface area contributed by atoms with E-state index in [0.29, 0.717) is 0 Å². The van der Waals surface area contributed by atoms with Crippen molar-refractivity contribution >= 4 is 12.2 Å². The molecular weight excluding hydrogens is 140 g/mol. The first kappa shape index (κ1) is 8.54. The van der Waals surface area contributed by atoms with Crippen LogP contribution in [0.2, 0.25) is 0 Å². The summed E-state index contributed by atoms with van der Waals surface area (Å²) in [5.74, 6) is 0. The number of carbonyl (C=O) groups excluding carboxylic acids is 1. The summed E-state index contributed by atoms with van der Waals surface area (Å²) in [5.41, 5.74) is 0. The van der Waals surface area contributed by atoms with Gasteiger partial charge in [-0.3, -0.25) is 0 Å². The Bertz CT molecular complexity index is 135. The first-order chi connectivity index (χ1) is 4.66. The number of carbonyl (C=O) groups is 2. The molecule has 6 nitrogen and oxygen atoms in total. The molecule has 2 amide bonds. The third kappa shape index (κ3) is 4.69. The standard InChI is InChI=1S/C4H8N2O4/c1-10-4(9)6-2-5-3(7)8/h5H,2H2,1H3,(H,6,9)(H,7,8). The Morgan fingerprint density at radius 3 is 2.50 bits per heavy atom. The lowest BCUT2D eigenvalue weighted by Gasteiger charge is -2.01. The van der Waals surface area contributed by atoms with Crippen LogP contribution < -0.4 is 10.6 Å². The van der Waals surface area contributed by atoms with E-state index < -0.39 is 12.2 Å². The van der Waals surface area contributed by atoms with Crippen molar-refractivity contribution < 1.29 is 19.4 Å². The van der Waals surface area contributed by atoms with E-state index in [-0.39, 0.29) is 6.67 Å². The van der Waals surface area contributed by atoms with Gasteiger partial charge in [-0.25, -0.2) is 9.59 Å². The van der Waals surface area contributed by atoms with E-state index in [4.69, 9.17) is 5.11 Å². The van der Waals surface area contributed by atoms with Crippen molar-refractivity contribution in [2.45, 2.75) is 0 Å². The molecule has 0 saturated heterocycles. The van der Waals surface area contributed by atoms with Crippen molar-refractivity contribution in [1.82, 2.24) is 10.6 Å². The number of carboxylic acid groups (broad SMARTS) is 1. The summed E-state index contributed by atoms with van der Waals surface area (Å²) in [6.07, 6.45) is -1.87. The highest BCUT2D eigenvalue weighted by molar-refractivity contribution is 5.68. The molecule has 0 aliphatic rings. The highest BCUT2D eigenvalue weighted by Crippen LogP contribution is 1.66. The third-order valence-electron chi connectivity index (χ3n) is 0.658. The maximum Gasteiger partial charge on any atom is 0.408 e. The largest absolute Gasteiger partial charge is 0.465 e. The van der Waals surface area contributed by atoms with Crippen LogP contribution in [0.3, 0.4) is 0 Å². The van der Waals surface area contributed by atoms with Crippen LogP contribution in [0.4, 0.5) is 9.59 Å². The average molecular weight is 148 g/mol. The molecule has 0 saturated carbocycles. The van der Waals surface area contributed by atoms with Gasteiger partial charge in [0.2, 0.25) is 0 Å². The van der Waals surface area contributed by atoms with E-state index in [1.807, 2.05) is 5.32 Å². The minimum atomic E-state index is -1.20. The van der Waals surface area contributed by atoms with Crippen LogP contribution in [-0.4, -0.2) is 31.1 Å². The second-order valence-corrected chi connectivity index (χ2v) is 1.33. The van der Waals surface area contributed by atoms with Crippen molar-refractivity contribution in [1.29, 1.82) is 0 Å². The van der Waals surface area contributed by atoms with Crippen LogP contribution >= 0.6 is 0 Å². The molecule has 10 heavy (non-hydrogen) atoms. The zero-order valence-electron chi connectivity index (χ0n) is 5.38. The lowest BCUT2D eigenvalue weighted by molar-refractivity contribution is 0.168. The Morgan fingerprint density at radius 1 is 1.50 bits per heavy atom. The van der Waals surface area contributed by atoms with Gasteiger partial charge in [-0.2, -0.15) is 0 Å². The van der Waals surface area contributed by atoms with Crippen LogP contribution in [0.1, 0.15) is 0 Å². The van der Waals surface area contributed by atoms with Gasteiger partial charge >= 0.3 is 12.2 Å². The fourth-order valence-electron chi connectivity index (χ4n) is 0.264. The van der Waals surface area contributed by atoms with Crippen LogP contribution in [0.15, 0.2) is 0 Å². The van der Waals surface area contributed by atoms with E-state index in [0.717, 1.165) is 0 Å². The number of methoxy groups -OCH3 is 1. The number of amides is 2. The third-order valence-corrected chi connectivity index (χ3v) is 0.658. The zero-order chi connectivity index (χ0) is 7.98. The molecule has 0 fully saturated rings. The van der Waals surface area contributed by atoms with Gasteiger partial charge in [-0.1, -0.05) is 0 Å². The van der Waals surface area contributed by atoms with Crippen LogP contribution in [0.5, 0.6) is 0 Å². The number of alkyl carbamates (subject to hydrolysis) is 1. The van der Waals surface area contributed by atoms with Crippen molar-refractivity contribution in [2.24, 2.45) is 0 Å². The van der Waals surface area contributed by atoms with E-state index in [9.17, 15) is 9.59 Å². The predicted molar refractivity (Wildman–Crippen MR) is 31.6 cm³/mol. The lowest BCUT2D eigenvalue weighted by atomic mass is 10.9. The number of hydrogen-bond acceptors (Lipinski definition) is 3. The Kier molecular flexibility index (Phi) is 3.78. The second kappa shape index (κ2) is 4.42. The molecule has 0 bridgehead atoms. The molecule has 6 heteroatoms. The molecule has 0 spiro atoms. The topological polar surface area (TPSA) is 87.7 Å². The SMILES string of the molecule is COC(=O)NCNC(=O)O. The number of nitrogens with one attached hydrogen (secondary N) is 2. The maximum absolute atomic E-state index is 10.2. The van der Waals surface area contributed by atoms with Crippen LogP contribution in [-0.2, 0) is 4.74 Å². The second-order valence-electron chi connectivity index (χ2n) is 1.33. The molecule has 0 unspecified atom stereocenters. The molecule has 0 radical (unpaired) electrons. The summed E-state index contributed by atoms with van der Waals surface area (Å²) in [4.78, 5) is 20.0. The predicted octanol–water partition coefficient (Wildman–Crippen LogP) is -0.432. The Morgan fingerprint density at radius 2 is 2.10 bits per heavy atom. The molecule has 0 aliphatic heterocycles. The fraction of sp³-hybridized carbons (Fsp3) is 0.500. The molecule has 0 aromatic rings. The van der Waals surface area contributed by atoms with Crippen LogP contribution in [0, 0.1) is 0 Å². The minimum Gasteiger partial charge on any atom is -0.465 e. The summed E-state index contributed by atoms with van der Waals surface area (Å²) in [6.45, 7) is -0.151.